The second kappa shape index (κ2) is 6.05. The number of alkyl halides is 3. The van der Waals surface area contributed by atoms with Crippen LogP contribution in [0, 0.1) is 5.82 Å². The average molecular weight is 314 g/mol. The molecule has 0 amide bonds. The standard InChI is InChI=1S/C15H10F4O3/c16-11-6-10(15(17,18)19)7-12(13(11)14(20)21)22-8-9-4-2-1-3-5-9/h1-7H,8H2,(H,20,21). The van der Waals surface area contributed by atoms with Crippen LogP contribution in [0.1, 0.15) is 21.5 Å². The Hall–Kier alpha value is -2.57. The lowest BCUT2D eigenvalue weighted by Gasteiger charge is -2.13. The molecular formula is C15H10F4O3. The quantitative estimate of drug-likeness (QED) is 0.864. The van der Waals surface area contributed by atoms with Gasteiger partial charge in [-0.05, 0) is 17.7 Å². The lowest BCUT2D eigenvalue weighted by molar-refractivity contribution is -0.137. The zero-order valence-corrected chi connectivity index (χ0v) is 11.0. The minimum absolute atomic E-state index is 0.138. The molecule has 2 rings (SSSR count). The molecule has 0 spiro atoms. The van der Waals surface area contributed by atoms with Crippen LogP contribution in [0.3, 0.4) is 0 Å². The van der Waals surface area contributed by atoms with Crippen molar-refractivity contribution in [3.05, 3.63) is 65.0 Å². The van der Waals surface area contributed by atoms with Crippen molar-refractivity contribution in [3.8, 4) is 5.75 Å². The van der Waals surface area contributed by atoms with Crippen molar-refractivity contribution >= 4 is 5.97 Å². The first-order chi connectivity index (χ1) is 10.3. The molecule has 0 atom stereocenters. The number of carboxylic acid groups (broad SMARTS) is 1. The summed E-state index contributed by atoms with van der Waals surface area (Å²) in [7, 11) is 0. The molecule has 0 unspecified atom stereocenters. The van der Waals surface area contributed by atoms with Gasteiger partial charge < -0.3 is 9.84 Å². The summed E-state index contributed by atoms with van der Waals surface area (Å²) in [5.74, 6) is -3.86. The second-order valence-corrected chi connectivity index (χ2v) is 4.41. The van der Waals surface area contributed by atoms with E-state index in [0.29, 0.717) is 11.6 Å². The van der Waals surface area contributed by atoms with E-state index in [9.17, 15) is 22.4 Å². The van der Waals surface area contributed by atoms with Crippen LogP contribution in [0.15, 0.2) is 42.5 Å². The molecule has 2 aromatic rings. The van der Waals surface area contributed by atoms with Gasteiger partial charge in [-0.2, -0.15) is 13.2 Å². The number of carbonyl (C=O) groups is 1. The highest BCUT2D eigenvalue weighted by Gasteiger charge is 2.34. The minimum Gasteiger partial charge on any atom is -0.488 e. The maximum atomic E-state index is 13.7. The molecule has 3 nitrogen and oxygen atoms in total. The summed E-state index contributed by atoms with van der Waals surface area (Å²) in [6.07, 6.45) is -4.80. The smallest absolute Gasteiger partial charge is 0.416 e. The minimum atomic E-state index is -4.80. The summed E-state index contributed by atoms with van der Waals surface area (Å²) in [4.78, 5) is 11.0. The zero-order chi connectivity index (χ0) is 16.3. The monoisotopic (exact) mass is 314 g/mol. The lowest BCUT2D eigenvalue weighted by atomic mass is 10.1. The van der Waals surface area contributed by atoms with Crippen molar-refractivity contribution < 1.29 is 32.2 Å². The van der Waals surface area contributed by atoms with E-state index in [-0.39, 0.29) is 12.7 Å². The van der Waals surface area contributed by atoms with Gasteiger partial charge in [0, 0.05) is 0 Å². The lowest BCUT2D eigenvalue weighted by Crippen LogP contribution is -2.11. The zero-order valence-electron chi connectivity index (χ0n) is 11.0. The molecule has 0 bridgehead atoms. The van der Waals surface area contributed by atoms with Gasteiger partial charge in [0.25, 0.3) is 0 Å². The topological polar surface area (TPSA) is 46.5 Å². The van der Waals surface area contributed by atoms with Crippen LogP contribution in [0.2, 0.25) is 0 Å². The van der Waals surface area contributed by atoms with E-state index in [1.54, 1.807) is 30.3 Å². The third-order valence-corrected chi connectivity index (χ3v) is 2.83. The third-order valence-electron chi connectivity index (χ3n) is 2.83. The largest absolute Gasteiger partial charge is 0.488 e. The number of ether oxygens (including phenoxy) is 1. The normalized spacial score (nSPS) is 11.3. The fourth-order valence-corrected chi connectivity index (χ4v) is 1.80. The molecule has 0 fully saturated rings. The first-order valence-electron chi connectivity index (χ1n) is 6.10. The van der Waals surface area contributed by atoms with Crippen molar-refractivity contribution in [2.45, 2.75) is 12.8 Å². The predicted octanol–water partition coefficient (Wildman–Crippen LogP) is 4.12. The van der Waals surface area contributed by atoms with Crippen LogP contribution in [0.5, 0.6) is 5.75 Å². The second-order valence-electron chi connectivity index (χ2n) is 4.41. The first-order valence-corrected chi connectivity index (χ1v) is 6.10. The molecule has 116 valence electrons. The van der Waals surface area contributed by atoms with Gasteiger partial charge in [0.05, 0.1) is 5.56 Å². The van der Waals surface area contributed by atoms with Crippen molar-refractivity contribution in [1.82, 2.24) is 0 Å². The SMILES string of the molecule is O=C(O)c1c(F)cc(C(F)(F)F)cc1OCc1ccccc1. The van der Waals surface area contributed by atoms with Gasteiger partial charge in [0.15, 0.2) is 0 Å². The molecule has 0 saturated carbocycles. The van der Waals surface area contributed by atoms with Gasteiger partial charge in [-0.25, -0.2) is 9.18 Å². The van der Waals surface area contributed by atoms with Crippen molar-refractivity contribution in [1.29, 1.82) is 0 Å². The Kier molecular flexibility index (Phi) is 4.35. The number of halogens is 4. The Bertz CT molecular complexity index is 681. The number of carboxylic acids is 1. The average Bonchev–Trinajstić information content (AvgIpc) is 2.44. The summed E-state index contributed by atoms with van der Waals surface area (Å²) in [5, 5.41) is 8.94. The van der Waals surface area contributed by atoms with E-state index >= 15 is 0 Å². The summed E-state index contributed by atoms with van der Waals surface area (Å²) in [6.45, 7) is -0.179. The molecule has 0 aliphatic rings. The number of hydrogen-bond acceptors (Lipinski definition) is 2. The molecule has 0 aromatic heterocycles. The molecule has 0 saturated heterocycles. The predicted molar refractivity (Wildman–Crippen MR) is 69.1 cm³/mol. The summed E-state index contributed by atoms with van der Waals surface area (Å²) in [6, 6.07) is 9.01. The van der Waals surface area contributed by atoms with Crippen molar-refractivity contribution in [2.24, 2.45) is 0 Å². The van der Waals surface area contributed by atoms with E-state index in [1.807, 2.05) is 0 Å². The Morgan fingerprint density at radius 3 is 2.32 bits per heavy atom. The summed E-state index contributed by atoms with van der Waals surface area (Å²) >= 11 is 0. The van der Waals surface area contributed by atoms with Gasteiger partial charge in [-0.15, -0.1) is 0 Å². The Balaban J connectivity index is 2.38. The Labute approximate surface area is 122 Å². The van der Waals surface area contributed by atoms with Gasteiger partial charge in [0.2, 0.25) is 0 Å². The van der Waals surface area contributed by atoms with Crippen LogP contribution < -0.4 is 4.74 Å². The van der Waals surface area contributed by atoms with Gasteiger partial charge in [-0.1, -0.05) is 30.3 Å². The molecule has 2 aromatic carbocycles. The van der Waals surface area contributed by atoms with E-state index in [1.165, 1.54) is 0 Å². The van der Waals surface area contributed by atoms with Crippen LogP contribution in [0.4, 0.5) is 17.6 Å². The third kappa shape index (κ3) is 3.55. The van der Waals surface area contributed by atoms with E-state index in [2.05, 4.69) is 0 Å². The van der Waals surface area contributed by atoms with Crippen LogP contribution in [-0.4, -0.2) is 11.1 Å². The van der Waals surface area contributed by atoms with E-state index in [0.717, 1.165) is 0 Å². The molecule has 22 heavy (non-hydrogen) atoms. The molecule has 0 heterocycles. The van der Waals surface area contributed by atoms with Gasteiger partial charge in [-0.3, -0.25) is 0 Å². The fraction of sp³-hybridized carbons (Fsp3) is 0.133. The highest BCUT2D eigenvalue weighted by molar-refractivity contribution is 5.91. The van der Waals surface area contributed by atoms with Crippen molar-refractivity contribution in [3.63, 3.8) is 0 Å². The molecule has 1 N–H and O–H groups in total. The molecule has 7 heteroatoms. The molecule has 0 aliphatic carbocycles. The number of benzene rings is 2. The molecular weight excluding hydrogens is 304 g/mol. The van der Waals surface area contributed by atoms with Gasteiger partial charge in [0.1, 0.15) is 23.7 Å². The molecule has 0 radical (unpaired) electrons. The summed E-state index contributed by atoms with van der Waals surface area (Å²) < 4.78 is 56.8. The maximum absolute atomic E-state index is 13.7. The highest BCUT2D eigenvalue weighted by Crippen LogP contribution is 2.35. The number of rotatable bonds is 4. The van der Waals surface area contributed by atoms with Crippen LogP contribution in [0.25, 0.3) is 0 Å². The van der Waals surface area contributed by atoms with Crippen LogP contribution >= 0.6 is 0 Å². The van der Waals surface area contributed by atoms with E-state index < -0.39 is 34.8 Å². The maximum Gasteiger partial charge on any atom is 0.416 e. The molecule has 0 aliphatic heterocycles. The van der Waals surface area contributed by atoms with E-state index in [4.69, 9.17) is 9.84 Å². The Morgan fingerprint density at radius 2 is 1.77 bits per heavy atom. The first kappa shape index (κ1) is 15.8. The van der Waals surface area contributed by atoms with Crippen LogP contribution in [-0.2, 0) is 12.8 Å². The number of hydrogen-bond donors (Lipinski definition) is 1. The number of aromatic carboxylic acids is 1. The van der Waals surface area contributed by atoms with Gasteiger partial charge >= 0.3 is 12.1 Å². The van der Waals surface area contributed by atoms with Crippen molar-refractivity contribution in [2.75, 3.05) is 0 Å². The Morgan fingerprint density at radius 1 is 1.14 bits per heavy atom. The highest BCUT2D eigenvalue weighted by atomic mass is 19.4. The summed E-state index contributed by atoms with van der Waals surface area (Å²) in [5.41, 5.74) is -1.63. The fourth-order valence-electron chi connectivity index (χ4n) is 1.80.